The van der Waals surface area contributed by atoms with E-state index in [0.717, 1.165) is 50.7 Å². The summed E-state index contributed by atoms with van der Waals surface area (Å²) < 4.78 is 11.0. The van der Waals surface area contributed by atoms with Gasteiger partial charge in [0.05, 0.1) is 18.3 Å². The lowest BCUT2D eigenvalue weighted by Gasteiger charge is -2.32. The molecule has 1 saturated carbocycles. The van der Waals surface area contributed by atoms with E-state index >= 15 is 0 Å². The van der Waals surface area contributed by atoms with Crippen LogP contribution in [0.1, 0.15) is 76.8 Å². The molecule has 0 radical (unpaired) electrons. The first-order valence-corrected chi connectivity index (χ1v) is 12.2. The molecule has 0 saturated heterocycles. The van der Waals surface area contributed by atoms with Crippen LogP contribution in [0, 0.1) is 17.8 Å². The van der Waals surface area contributed by atoms with Crippen molar-refractivity contribution in [2.24, 2.45) is 17.8 Å². The van der Waals surface area contributed by atoms with Crippen molar-refractivity contribution in [1.29, 1.82) is 0 Å². The minimum atomic E-state index is -0.352. The van der Waals surface area contributed by atoms with Crippen LogP contribution < -0.4 is 4.74 Å². The number of hydrogen-bond donors (Lipinski definition) is 2. The number of ether oxygens (including phenoxy) is 2. The molecule has 0 spiro atoms. The number of aliphatic hydroxyl groups excluding tert-OH is 2. The van der Waals surface area contributed by atoms with Crippen molar-refractivity contribution in [3.8, 4) is 5.75 Å². The summed E-state index contributed by atoms with van der Waals surface area (Å²) in [6.45, 7) is 5.75. The van der Waals surface area contributed by atoms with Gasteiger partial charge in [0.25, 0.3) is 0 Å². The van der Waals surface area contributed by atoms with Gasteiger partial charge in [-0.05, 0) is 87.3 Å². The number of hydrogen-bond acceptors (Lipinski definition) is 5. The van der Waals surface area contributed by atoms with E-state index in [1.165, 1.54) is 24.0 Å². The normalized spacial score (nSPS) is 25.7. The van der Waals surface area contributed by atoms with Gasteiger partial charge in [-0.25, -0.2) is 4.79 Å². The van der Waals surface area contributed by atoms with Crippen LogP contribution in [-0.2, 0) is 22.4 Å². The number of benzene rings is 1. The molecule has 5 nitrogen and oxygen atoms in total. The van der Waals surface area contributed by atoms with Crippen LogP contribution in [0.5, 0.6) is 5.75 Å². The van der Waals surface area contributed by atoms with Crippen LogP contribution in [0.3, 0.4) is 0 Å². The Morgan fingerprint density at radius 2 is 2.00 bits per heavy atom. The molecular formula is C26H40O5. The molecule has 3 rings (SSSR count). The molecule has 0 aliphatic heterocycles. The molecule has 2 aliphatic rings. The molecule has 0 heterocycles. The zero-order valence-corrected chi connectivity index (χ0v) is 19.4. The Labute approximate surface area is 187 Å². The Morgan fingerprint density at radius 3 is 2.74 bits per heavy atom. The fourth-order valence-electron chi connectivity index (χ4n) is 5.53. The molecule has 5 atom stereocenters. The van der Waals surface area contributed by atoms with Gasteiger partial charge in [-0.1, -0.05) is 38.3 Å². The molecule has 0 bridgehead atoms. The van der Waals surface area contributed by atoms with Gasteiger partial charge in [-0.15, -0.1) is 0 Å². The van der Waals surface area contributed by atoms with Crippen LogP contribution in [0.15, 0.2) is 18.2 Å². The highest BCUT2D eigenvalue weighted by atomic mass is 16.6. The Hall–Kier alpha value is -1.59. The third-order valence-electron chi connectivity index (χ3n) is 7.03. The van der Waals surface area contributed by atoms with Gasteiger partial charge in [-0.2, -0.15) is 0 Å². The first-order valence-electron chi connectivity index (χ1n) is 12.2. The summed E-state index contributed by atoms with van der Waals surface area (Å²) in [5, 5.41) is 21.1. The summed E-state index contributed by atoms with van der Waals surface area (Å²) in [6, 6.07) is 6.06. The SMILES string of the molecule is CCCCC[C@@H](O)CCC1[C@H](O)C[C@@H]2Cc3c(cccc3OCC(=O)OC(C)C)C[C@H]12. The highest BCUT2D eigenvalue weighted by molar-refractivity contribution is 5.71. The summed E-state index contributed by atoms with van der Waals surface area (Å²) in [5.41, 5.74) is 2.44. The zero-order valence-electron chi connectivity index (χ0n) is 19.4. The number of carbonyl (C=O) groups is 1. The van der Waals surface area contributed by atoms with Gasteiger partial charge in [0, 0.05) is 0 Å². The monoisotopic (exact) mass is 432 g/mol. The van der Waals surface area contributed by atoms with Gasteiger partial charge in [0.15, 0.2) is 6.61 Å². The molecule has 174 valence electrons. The maximum Gasteiger partial charge on any atom is 0.344 e. The molecule has 0 aromatic heterocycles. The topological polar surface area (TPSA) is 76.0 Å². The summed E-state index contributed by atoms with van der Waals surface area (Å²) in [4.78, 5) is 11.9. The fraction of sp³-hybridized carbons (Fsp3) is 0.731. The maximum atomic E-state index is 11.9. The summed E-state index contributed by atoms with van der Waals surface area (Å²) >= 11 is 0. The van der Waals surface area contributed by atoms with Gasteiger partial charge in [-0.3, -0.25) is 0 Å². The molecule has 1 aromatic carbocycles. The fourth-order valence-corrected chi connectivity index (χ4v) is 5.53. The highest BCUT2D eigenvalue weighted by Gasteiger charge is 2.44. The maximum absolute atomic E-state index is 11.9. The third kappa shape index (κ3) is 6.45. The van der Waals surface area contributed by atoms with Crippen molar-refractivity contribution >= 4 is 5.97 Å². The Kier molecular flexibility index (Phi) is 8.79. The van der Waals surface area contributed by atoms with Crippen molar-refractivity contribution < 1.29 is 24.5 Å². The van der Waals surface area contributed by atoms with Crippen LogP contribution >= 0.6 is 0 Å². The first-order chi connectivity index (χ1) is 14.9. The molecule has 2 aliphatic carbocycles. The van der Waals surface area contributed by atoms with Gasteiger partial charge in [0.1, 0.15) is 5.75 Å². The molecule has 0 amide bonds. The Bertz CT molecular complexity index is 716. The van der Waals surface area contributed by atoms with E-state index in [4.69, 9.17) is 9.47 Å². The van der Waals surface area contributed by atoms with Gasteiger partial charge < -0.3 is 19.7 Å². The van der Waals surface area contributed by atoms with Crippen molar-refractivity contribution in [3.05, 3.63) is 29.3 Å². The number of unbranched alkanes of at least 4 members (excludes halogenated alkanes) is 2. The lowest BCUT2D eigenvalue weighted by atomic mass is 9.73. The second-order valence-corrected chi connectivity index (χ2v) is 9.75. The molecular weight excluding hydrogens is 392 g/mol. The largest absolute Gasteiger partial charge is 0.482 e. The summed E-state index contributed by atoms with van der Waals surface area (Å²) in [6.07, 6.45) is 7.89. The zero-order chi connectivity index (χ0) is 22.4. The summed E-state index contributed by atoms with van der Waals surface area (Å²) in [7, 11) is 0. The molecule has 1 aromatic rings. The molecule has 2 N–H and O–H groups in total. The van der Waals surface area contributed by atoms with Crippen molar-refractivity contribution in [2.45, 2.75) is 96.9 Å². The van der Waals surface area contributed by atoms with Crippen LogP contribution in [0.25, 0.3) is 0 Å². The van der Waals surface area contributed by atoms with Crippen LogP contribution in [0.4, 0.5) is 0 Å². The van der Waals surface area contributed by atoms with Crippen molar-refractivity contribution in [2.75, 3.05) is 6.61 Å². The van der Waals surface area contributed by atoms with Gasteiger partial charge >= 0.3 is 5.97 Å². The second-order valence-electron chi connectivity index (χ2n) is 9.75. The molecule has 1 fully saturated rings. The van der Waals surface area contributed by atoms with Gasteiger partial charge in [0.2, 0.25) is 0 Å². The number of aliphatic hydroxyl groups is 2. The van der Waals surface area contributed by atoms with E-state index in [2.05, 4.69) is 13.0 Å². The van der Waals surface area contributed by atoms with Crippen LogP contribution in [0.2, 0.25) is 0 Å². The molecule has 1 unspecified atom stereocenters. The molecule has 31 heavy (non-hydrogen) atoms. The standard InChI is InChI=1S/C26H40O5/c1-4-5-6-9-20(27)11-12-21-22-13-18-8-7-10-25(30-16-26(29)31-17(2)3)23(18)14-19(22)15-24(21)28/h7-8,10,17,19-22,24,27-28H,4-6,9,11-16H2,1-3H3/t19-,20+,21?,22-,24+/m0/s1. The predicted octanol–water partition coefficient (Wildman–Crippen LogP) is 4.45. The molecule has 5 heteroatoms. The third-order valence-corrected chi connectivity index (χ3v) is 7.03. The lowest BCUT2D eigenvalue weighted by Crippen LogP contribution is -2.28. The van der Waals surface area contributed by atoms with E-state index in [1.54, 1.807) is 0 Å². The van der Waals surface area contributed by atoms with E-state index in [1.807, 2.05) is 26.0 Å². The van der Waals surface area contributed by atoms with Crippen molar-refractivity contribution in [3.63, 3.8) is 0 Å². The highest BCUT2D eigenvalue weighted by Crippen LogP contribution is 2.48. The van der Waals surface area contributed by atoms with E-state index in [-0.39, 0.29) is 36.8 Å². The van der Waals surface area contributed by atoms with E-state index in [0.29, 0.717) is 11.8 Å². The number of carbonyl (C=O) groups excluding carboxylic acids is 1. The average Bonchev–Trinajstić information content (AvgIpc) is 3.02. The minimum Gasteiger partial charge on any atom is -0.482 e. The number of esters is 1. The number of fused-ring (bicyclic) bond motifs is 2. The predicted molar refractivity (Wildman–Crippen MR) is 121 cm³/mol. The summed E-state index contributed by atoms with van der Waals surface area (Å²) in [5.74, 6) is 1.55. The van der Waals surface area contributed by atoms with Crippen LogP contribution in [-0.4, -0.2) is 41.1 Å². The average molecular weight is 433 g/mol. The lowest BCUT2D eigenvalue weighted by molar-refractivity contribution is -0.149. The first kappa shape index (κ1) is 24.1. The smallest absolute Gasteiger partial charge is 0.344 e. The Balaban J connectivity index is 1.60. The van der Waals surface area contributed by atoms with Crippen molar-refractivity contribution in [1.82, 2.24) is 0 Å². The quantitative estimate of drug-likeness (QED) is 0.399. The minimum absolute atomic E-state index is 0.0795. The second kappa shape index (κ2) is 11.3. The van der Waals surface area contributed by atoms with E-state index < -0.39 is 0 Å². The number of rotatable bonds is 11. The Morgan fingerprint density at radius 1 is 1.19 bits per heavy atom. The van der Waals surface area contributed by atoms with E-state index in [9.17, 15) is 15.0 Å².